The highest BCUT2D eigenvalue weighted by Gasteiger charge is 2.25. The number of carboxylic acids is 1. The Morgan fingerprint density at radius 3 is 1.97 bits per heavy atom. The van der Waals surface area contributed by atoms with Crippen LogP contribution < -0.4 is 11.1 Å². The van der Waals surface area contributed by atoms with Crippen molar-refractivity contribution >= 4 is 33.7 Å². The number of fused-ring (bicyclic) bond motifs is 2. The number of aromatic amines is 2. The van der Waals surface area contributed by atoms with E-state index in [0.717, 1.165) is 32.9 Å². The Bertz CT molecular complexity index is 1180. The summed E-state index contributed by atoms with van der Waals surface area (Å²) in [5, 5.41) is 14.1. The third-order valence-corrected chi connectivity index (χ3v) is 5.17. The van der Waals surface area contributed by atoms with E-state index in [1.54, 1.807) is 6.20 Å². The molecular weight excluding hydrogens is 368 g/mol. The van der Waals surface area contributed by atoms with Gasteiger partial charge in [-0.2, -0.15) is 0 Å². The molecule has 0 fully saturated rings. The van der Waals surface area contributed by atoms with Gasteiger partial charge in [0.25, 0.3) is 0 Å². The standard InChI is InChI=1S/C22H22N4O3/c23-17(9-13-11-24-18-7-3-1-5-15(13)18)21(27)26-20(22(28)29)10-14-12-25-19-8-4-2-6-16(14)19/h1-8,11-12,17,20,24-25H,9-10,23H2,(H,26,27)(H,28,29)/t17?,20-/m0/s1. The molecule has 0 spiro atoms. The lowest BCUT2D eigenvalue weighted by Gasteiger charge is -2.17. The van der Waals surface area contributed by atoms with Gasteiger partial charge >= 0.3 is 5.97 Å². The number of amides is 1. The Hall–Kier alpha value is -3.58. The average Bonchev–Trinajstić information content (AvgIpc) is 3.32. The fourth-order valence-corrected chi connectivity index (χ4v) is 3.63. The van der Waals surface area contributed by atoms with Crippen LogP contribution in [0.4, 0.5) is 0 Å². The van der Waals surface area contributed by atoms with E-state index in [9.17, 15) is 14.7 Å². The summed E-state index contributed by atoms with van der Waals surface area (Å²) < 4.78 is 0. The second-order valence-electron chi connectivity index (χ2n) is 7.13. The van der Waals surface area contributed by atoms with E-state index in [-0.39, 0.29) is 6.42 Å². The lowest BCUT2D eigenvalue weighted by atomic mass is 10.0. The molecular formula is C22H22N4O3. The number of para-hydroxylation sites is 2. The molecule has 0 aliphatic carbocycles. The number of H-pyrrole nitrogens is 2. The molecule has 0 saturated heterocycles. The van der Waals surface area contributed by atoms with Crippen LogP contribution in [0.15, 0.2) is 60.9 Å². The molecule has 148 valence electrons. The van der Waals surface area contributed by atoms with E-state index in [4.69, 9.17) is 5.73 Å². The molecule has 4 aromatic rings. The van der Waals surface area contributed by atoms with Crippen LogP contribution in [0.3, 0.4) is 0 Å². The van der Waals surface area contributed by atoms with Crippen molar-refractivity contribution < 1.29 is 14.7 Å². The fraction of sp³-hybridized carbons (Fsp3) is 0.182. The predicted molar refractivity (Wildman–Crippen MR) is 112 cm³/mol. The maximum Gasteiger partial charge on any atom is 0.326 e. The number of hydrogen-bond donors (Lipinski definition) is 5. The van der Waals surface area contributed by atoms with Crippen LogP contribution in [0.5, 0.6) is 0 Å². The van der Waals surface area contributed by atoms with Gasteiger partial charge in [-0.25, -0.2) is 4.79 Å². The number of carbonyl (C=O) groups excluding carboxylic acids is 1. The first-order chi connectivity index (χ1) is 14.0. The van der Waals surface area contributed by atoms with Crippen molar-refractivity contribution in [2.75, 3.05) is 0 Å². The molecule has 1 amide bonds. The van der Waals surface area contributed by atoms with Crippen molar-refractivity contribution in [1.82, 2.24) is 15.3 Å². The number of benzene rings is 2. The molecule has 2 aromatic carbocycles. The second-order valence-corrected chi connectivity index (χ2v) is 7.13. The van der Waals surface area contributed by atoms with Crippen LogP contribution in [-0.2, 0) is 22.4 Å². The minimum absolute atomic E-state index is 0.172. The lowest BCUT2D eigenvalue weighted by Crippen LogP contribution is -2.50. The molecule has 0 bridgehead atoms. The molecule has 6 N–H and O–H groups in total. The molecule has 7 heteroatoms. The summed E-state index contributed by atoms with van der Waals surface area (Å²) in [5.41, 5.74) is 9.74. The van der Waals surface area contributed by atoms with E-state index in [1.807, 2.05) is 54.7 Å². The molecule has 29 heavy (non-hydrogen) atoms. The number of carbonyl (C=O) groups is 2. The van der Waals surface area contributed by atoms with Gasteiger partial charge in [0, 0.05) is 40.6 Å². The first-order valence-electron chi connectivity index (χ1n) is 9.41. The second kappa shape index (κ2) is 7.81. The zero-order valence-corrected chi connectivity index (χ0v) is 15.7. The summed E-state index contributed by atoms with van der Waals surface area (Å²) in [4.78, 5) is 30.6. The summed E-state index contributed by atoms with van der Waals surface area (Å²) in [6, 6.07) is 13.5. The van der Waals surface area contributed by atoms with Crippen molar-refractivity contribution in [3.8, 4) is 0 Å². The molecule has 2 aromatic heterocycles. The Kier molecular flexibility index (Phi) is 5.05. The number of aliphatic carboxylic acids is 1. The average molecular weight is 390 g/mol. The molecule has 0 aliphatic rings. The molecule has 2 heterocycles. The molecule has 2 atom stereocenters. The highest BCUT2D eigenvalue weighted by molar-refractivity contribution is 5.89. The van der Waals surface area contributed by atoms with Crippen molar-refractivity contribution in [2.45, 2.75) is 24.9 Å². The Morgan fingerprint density at radius 2 is 1.41 bits per heavy atom. The van der Waals surface area contributed by atoms with Gasteiger partial charge in [-0.3, -0.25) is 4.79 Å². The number of rotatable bonds is 7. The number of nitrogens with one attached hydrogen (secondary N) is 3. The summed E-state index contributed by atoms with van der Waals surface area (Å²) in [6.07, 6.45) is 4.09. The first-order valence-corrected chi connectivity index (χ1v) is 9.41. The number of hydrogen-bond acceptors (Lipinski definition) is 3. The van der Waals surface area contributed by atoms with Gasteiger partial charge in [0.15, 0.2) is 0 Å². The highest BCUT2D eigenvalue weighted by atomic mass is 16.4. The molecule has 0 aliphatic heterocycles. The minimum atomic E-state index is -1.09. The molecule has 0 radical (unpaired) electrons. The zero-order valence-electron chi connectivity index (χ0n) is 15.7. The quantitative estimate of drug-likeness (QED) is 0.332. The van der Waals surface area contributed by atoms with E-state index in [2.05, 4.69) is 15.3 Å². The van der Waals surface area contributed by atoms with Gasteiger partial charge in [-0.05, 0) is 29.7 Å². The summed E-state index contributed by atoms with van der Waals surface area (Å²) in [7, 11) is 0. The van der Waals surface area contributed by atoms with E-state index >= 15 is 0 Å². The molecule has 4 rings (SSSR count). The van der Waals surface area contributed by atoms with Crippen molar-refractivity contribution in [2.24, 2.45) is 5.73 Å². The lowest BCUT2D eigenvalue weighted by molar-refractivity contribution is -0.141. The Morgan fingerprint density at radius 1 is 0.897 bits per heavy atom. The van der Waals surface area contributed by atoms with Crippen LogP contribution in [0.25, 0.3) is 21.8 Å². The Balaban J connectivity index is 1.46. The van der Waals surface area contributed by atoms with Crippen molar-refractivity contribution in [3.63, 3.8) is 0 Å². The van der Waals surface area contributed by atoms with Gasteiger partial charge in [-0.15, -0.1) is 0 Å². The first kappa shape index (κ1) is 18.8. The SMILES string of the molecule is NC(Cc1c[nH]c2ccccc12)C(=O)N[C@@H](Cc1c[nH]c2ccccc12)C(=O)O. The van der Waals surface area contributed by atoms with Gasteiger partial charge < -0.3 is 26.1 Å². The maximum absolute atomic E-state index is 12.6. The summed E-state index contributed by atoms with van der Waals surface area (Å²) >= 11 is 0. The van der Waals surface area contributed by atoms with Gasteiger partial charge in [0.2, 0.25) is 5.91 Å². The molecule has 0 saturated carbocycles. The van der Waals surface area contributed by atoms with E-state index < -0.39 is 24.0 Å². The molecule has 7 nitrogen and oxygen atoms in total. The van der Waals surface area contributed by atoms with Gasteiger partial charge in [0.1, 0.15) is 6.04 Å². The summed E-state index contributed by atoms with van der Waals surface area (Å²) in [6.45, 7) is 0. The van der Waals surface area contributed by atoms with Crippen LogP contribution in [0, 0.1) is 0 Å². The summed E-state index contributed by atoms with van der Waals surface area (Å²) in [5.74, 6) is -1.58. The number of aromatic nitrogens is 2. The maximum atomic E-state index is 12.6. The van der Waals surface area contributed by atoms with Crippen LogP contribution >= 0.6 is 0 Å². The number of carboxylic acid groups (broad SMARTS) is 1. The normalized spacial score (nSPS) is 13.4. The molecule has 1 unspecified atom stereocenters. The van der Waals surface area contributed by atoms with Crippen molar-refractivity contribution in [1.29, 1.82) is 0 Å². The third-order valence-electron chi connectivity index (χ3n) is 5.17. The number of nitrogens with two attached hydrogens (primary N) is 1. The van der Waals surface area contributed by atoms with Gasteiger partial charge in [0.05, 0.1) is 6.04 Å². The van der Waals surface area contributed by atoms with Crippen LogP contribution in [0.2, 0.25) is 0 Å². The third kappa shape index (κ3) is 3.86. The largest absolute Gasteiger partial charge is 0.480 e. The zero-order chi connectivity index (χ0) is 20.4. The predicted octanol–water partition coefficient (Wildman–Crippen LogP) is 2.33. The van der Waals surface area contributed by atoms with Gasteiger partial charge in [-0.1, -0.05) is 36.4 Å². The monoisotopic (exact) mass is 390 g/mol. The fourth-order valence-electron chi connectivity index (χ4n) is 3.63. The van der Waals surface area contributed by atoms with E-state index in [0.29, 0.717) is 6.42 Å². The Labute approximate surface area is 166 Å². The topological polar surface area (TPSA) is 124 Å². The van der Waals surface area contributed by atoms with Crippen LogP contribution in [0.1, 0.15) is 11.1 Å². The van der Waals surface area contributed by atoms with Crippen LogP contribution in [-0.4, -0.2) is 39.0 Å². The highest BCUT2D eigenvalue weighted by Crippen LogP contribution is 2.20. The minimum Gasteiger partial charge on any atom is -0.480 e. The van der Waals surface area contributed by atoms with Crippen molar-refractivity contribution in [3.05, 3.63) is 72.1 Å². The van der Waals surface area contributed by atoms with E-state index in [1.165, 1.54) is 0 Å². The smallest absolute Gasteiger partial charge is 0.326 e.